The number of aliphatic imine (C=N–C) groups is 3. The number of nitrogens with two attached hydrogens (primary N) is 1. The number of aromatic nitrogens is 8. The van der Waals surface area contributed by atoms with Crippen LogP contribution in [-0.2, 0) is 84.7 Å². The van der Waals surface area contributed by atoms with Gasteiger partial charge in [0, 0.05) is 83.5 Å². The normalized spacial score (nSPS) is 16.6. The lowest BCUT2D eigenvalue weighted by atomic mass is 10.2. The third-order valence-corrected chi connectivity index (χ3v) is 20.3. The highest BCUT2D eigenvalue weighted by Crippen LogP contribution is 2.38. The molecular formula is C62H68Cl2F8N16O18S4. The summed E-state index contributed by atoms with van der Waals surface area (Å²) >= 11 is 13.5. The Bertz CT molecular complexity index is 5000. The average molecular weight is 1680 g/mol. The van der Waals surface area contributed by atoms with Gasteiger partial charge in [-0.25, -0.2) is 74.2 Å². The van der Waals surface area contributed by atoms with Crippen LogP contribution >= 0.6 is 46.7 Å². The summed E-state index contributed by atoms with van der Waals surface area (Å²) in [6.45, 7) is 8.00. The molecule has 0 bridgehead atoms. The standard InChI is InChI=1S/C23H22ClF4N5O8S2.C21H17ClF4N4O7S.C9H16N2.C7H6N4O.C2H7NO2S/c1-4-41-19(36)10-32-20(37)15(8-17(34)30-43(39,40)5-2)42-21(32)29-13-7-14(12(25)6-11(13)24)33-18(35)9-16(23(26,27)28)31(3)22(33)38;1-3-37-17(34)8-29-18(35)13(6-16(32)33)38-19(29)27-11-5-12(10(23)4-9(11)22)30-15(31)7-14(21(24,25)26)28(2)20(30)36;1-2-5-9-10-6-4-8-11(9)7-3-1;12-7(10-3-1-8-5-10)11-4-2-9-6-11;1-2-6(3,4)5/h6-7,9,15H,4-5,8,10H2,1-3H3,(H,30,34);4-5,7,13H,3,6,8H2,1-2H3,(H,32,33);1-8H2;1-6H;2H2,1H3,(H2,3,4,5). The van der Waals surface area contributed by atoms with Gasteiger partial charge in [0.15, 0.2) is 10.3 Å². The van der Waals surface area contributed by atoms with Crippen molar-refractivity contribution in [3.05, 3.63) is 149 Å². The first-order valence-electron chi connectivity index (χ1n) is 32.2. The van der Waals surface area contributed by atoms with E-state index in [1.807, 2.05) is 0 Å². The summed E-state index contributed by atoms with van der Waals surface area (Å²) in [7, 11) is -5.64. The second kappa shape index (κ2) is 38.6. The van der Waals surface area contributed by atoms with Gasteiger partial charge in [-0.2, -0.15) is 26.3 Å². The number of amides is 3. The smallest absolute Gasteiger partial charge is 0.431 e. The number of benzene rings is 2. The quantitative estimate of drug-likeness (QED) is 0.0742. The van der Waals surface area contributed by atoms with Crippen LogP contribution in [0, 0.1) is 11.6 Å². The lowest BCUT2D eigenvalue weighted by Crippen LogP contribution is -2.41. The molecule has 2 aromatic carbocycles. The summed E-state index contributed by atoms with van der Waals surface area (Å²) in [5.74, 6) is -7.20. The second-order valence-electron chi connectivity index (χ2n) is 22.9. The lowest BCUT2D eigenvalue weighted by molar-refractivity contribution is -0.146. The van der Waals surface area contributed by atoms with E-state index in [1.54, 1.807) is 29.5 Å². The molecule has 8 heterocycles. The molecule has 598 valence electrons. The third-order valence-electron chi connectivity index (χ3n) is 15.2. The number of ether oxygens (including phenoxy) is 2. The van der Waals surface area contributed by atoms with Gasteiger partial charge in [0.1, 0.15) is 59.3 Å². The number of nitrogens with zero attached hydrogens (tertiary/aromatic N) is 14. The second-order valence-corrected chi connectivity index (χ2v) is 30.0. The van der Waals surface area contributed by atoms with E-state index in [2.05, 4.69) is 35.0 Å². The molecule has 48 heteroatoms. The maximum atomic E-state index is 14.9. The molecule has 10 rings (SSSR count). The third kappa shape index (κ3) is 24.1. The molecule has 4 aliphatic rings. The number of fused-ring (bicyclic) bond motifs is 1. The average Bonchev–Trinajstić information content (AvgIpc) is 0.850. The molecule has 3 amide bonds. The number of hydrogen-bond donors (Lipinski definition) is 3. The van der Waals surface area contributed by atoms with Gasteiger partial charge < -0.3 is 19.5 Å². The molecular weight excluding hydrogens is 1610 g/mol. The number of carbonyl (C=O) groups is 7. The van der Waals surface area contributed by atoms with Crippen LogP contribution in [0.2, 0.25) is 10.0 Å². The predicted molar refractivity (Wildman–Crippen MR) is 384 cm³/mol. The van der Waals surface area contributed by atoms with Crippen molar-refractivity contribution >= 4 is 136 Å². The molecule has 0 saturated carbocycles. The Kier molecular flexibility index (Phi) is 31.3. The Morgan fingerprint density at radius 1 is 0.645 bits per heavy atom. The first-order chi connectivity index (χ1) is 51.4. The number of carboxylic acids is 1. The maximum absolute atomic E-state index is 14.9. The van der Waals surface area contributed by atoms with E-state index in [0.717, 1.165) is 42.6 Å². The number of esters is 2. The topological polar surface area (TPSA) is 435 Å². The number of rotatable bonds is 17. The molecule has 34 nitrogen and oxygen atoms in total. The van der Waals surface area contributed by atoms with Crippen LogP contribution < -0.4 is 32.4 Å². The number of alkyl halides is 6. The zero-order valence-electron chi connectivity index (χ0n) is 58.5. The van der Waals surface area contributed by atoms with E-state index >= 15 is 0 Å². The van der Waals surface area contributed by atoms with Gasteiger partial charge in [0.25, 0.3) is 11.1 Å². The van der Waals surface area contributed by atoms with Gasteiger partial charge in [-0.05, 0) is 71.2 Å². The molecule has 2 atom stereocenters. The zero-order valence-corrected chi connectivity index (χ0v) is 63.3. The number of sulfonamides is 2. The van der Waals surface area contributed by atoms with Crippen molar-refractivity contribution in [1.82, 2.24) is 56.8 Å². The van der Waals surface area contributed by atoms with Gasteiger partial charge in [-0.3, -0.25) is 76.1 Å². The number of carboxylic acid groups (broad SMARTS) is 1. The van der Waals surface area contributed by atoms with Crippen molar-refractivity contribution in [3.63, 3.8) is 0 Å². The summed E-state index contributed by atoms with van der Waals surface area (Å²) in [5.41, 5.74) is -11.5. The number of nitrogens with one attached hydrogen (secondary N) is 1. The van der Waals surface area contributed by atoms with Crippen molar-refractivity contribution in [2.75, 3.05) is 57.4 Å². The Labute approximate surface area is 636 Å². The van der Waals surface area contributed by atoms with Gasteiger partial charge in [-0.15, -0.1) is 0 Å². The van der Waals surface area contributed by atoms with E-state index in [9.17, 15) is 105 Å². The number of primary sulfonamides is 1. The van der Waals surface area contributed by atoms with E-state index in [-0.39, 0.29) is 82.1 Å². The minimum atomic E-state index is -5.06. The maximum Gasteiger partial charge on any atom is 0.431 e. The minimum absolute atomic E-state index is 0.0109. The summed E-state index contributed by atoms with van der Waals surface area (Å²) in [6, 6.07) is 2.85. The van der Waals surface area contributed by atoms with Crippen molar-refractivity contribution in [3.8, 4) is 11.4 Å². The highest BCUT2D eigenvalue weighted by atomic mass is 35.5. The van der Waals surface area contributed by atoms with Crippen LogP contribution in [0.25, 0.3) is 11.4 Å². The molecule has 0 aliphatic carbocycles. The van der Waals surface area contributed by atoms with E-state index in [4.69, 9.17) is 37.8 Å². The monoisotopic (exact) mass is 1670 g/mol. The van der Waals surface area contributed by atoms with E-state index in [1.165, 1.54) is 101 Å². The van der Waals surface area contributed by atoms with Crippen molar-refractivity contribution in [2.45, 2.75) is 95.5 Å². The van der Waals surface area contributed by atoms with Crippen molar-refractivity contribution in [2.24, 2.45) is 34.2 Å². The number of aliphatic carboxylic acids is 1. The summed E-state index contributed by atoms with van der Waals surface area (Å²) in [5, 5.41) is 9.83. The van der Waals surface area contributed by atoms with Crippen LogP contribution in [0.5, 0.6) is 0 Å². The molecule has 0 radical (unpaired) electrons. The molecule has 3 fully saturated rings. The largest absolute Gasteiger partial charge is 0.481 e. The Hall–Kier alpha value is -9.90. The summed E-state index contributed by atoms with van der Waals surface area (Å²) in [6.07, 6.45) is 4.42. The van der Waals surface area contributed by atoms with Crippen molar-refractivity contribution < 1.29 is 100 Å². The predicted octanol–water partition coefficient (Wildman–Crippen LogP) is 5.57. The SMILES string of the molecule is C1CCC2=NCCCN2CC1.CCOC(=O)CN1C(=O)C(CC(=O)NS(=O)(=O)CC)SC1=Nc1cc(-n2c(=O)cc(C(F)(F)F)n(C)c2=O)c(F)cc1Cl.CCOC(=O)CN1C(=O)C(CC(=O)O)SC1=Nc1cc(-n2c(=O)cc(C(F)(F)F)n(C)c2=O)c(F)cc1Cl.CCS(N)(=O)=O.O=C(n1ccnc1)n1ccnc1. The van der Waals surface area contributed by atoms with Crippen LogP contribution in [0.3, 0.4) is 0 Å². The molecule has 4 aliphatic heterocycles. The van der Waals surface area contributed by atoms with Gasteiger partial charge in [0.2, 0.25) is 37.8 Å². The fourth-order valence-electron chi connectivity index (χ4n) is 9.86. The molecule has 3 saturated heterocycles. The molecule has 4 N–H and O–H groups in total. The fraction of sp³-hybridized carbons (Fsp3) is 0.419. The summed E-state index contributed by atoms with van der Waals surface area (Å²) in [4.78, 5) is 160. The van der Waals surface area contributed by atoms with Crippen LogP contribution in [0.1, 0.15) is 84.0 Å². The van der Waals surface area contributed by atoms with Crippen LogP contribution in [0.4, 0.5) is 51.3 Å². The lowest BCUT2D eigenvalue weighted by Gasteiger charge is -2.27. The van der Waals surface area contributed by atoms with Crippen LogP contribution in [0.15, 0.2) is 108 Å². The molecule has 6 aromatic rings. The van der Waals surface area contributed by atoms with Crippen molar-refractivity contribution in [1.29, 1.82) is 0 Å². The number of thioether (sulfide) groups is 2. The van der Waals surface area contributed by atoms with Gasteiger partial charge >= 0.3 is 47.7 Å². The fourth-order valence-corrected chi connectivity index (χ4v) is 13.1. The minimum Gasteiger partial charge on any atom is -0.481 e. The Balaban J connectivity index is 0.000000251. The van der Waals surface area contributed by atoms with E-state index in [0.29, 0.717) is 35.7 Å². The van der Waals surface area contributed by atoms with Gasteiger partial charge in [0.05, 0.1) is 69.8 Å². The molecule has 110 heavy (non-hydrogen) atoms. The number of imidazole rings is 2. The Morgan fingerprint density at radius 3 is 1.45 bits per heavy atom. The highest BCUT2D eigenvalue weighted by molar-refractivity contribution is 8.16. The highest BCUT2D eigenvalue weighted by Gasteiger charge is 2.43. The first kappa shape index (κ1) is 89.0. The summed E-state index contributed by atoms with van der Waals surface area (Å²) < 4.78 is 167. The van der Waals surface area contributed by atoms with E-state index < -0.39 is 172 Å². The Morgan fingerprint density at radius 2 is 1.07 bits per heavy atom. The molecule has 2 unspecified atom stereocenters. The first-order valence-corrected chi connectivity index (χ1v) is 38.1. The number of halogens is 10. The zero-order chi connectivity index (χ0) is 82.1. The van der Waals surface area contributed by atoms with Crippen LogP contribution in [-0.4, -0.2) is 200 Å². The number of hydrogen-bond acceptors (Lipinski definition) is 25. The number of carbonyl (C=O) groups excluding carboxylic acids is 6. The number of amidine groups is 3. The van der Waals surface area contributed by atoms with Gasteiger partial charge in [-0.1, -0.05) is 53.1 Å². The molecule has 0 spiro atoms. The molecule has 4 aromatic heterocycles.